The molecular formula is C16H18FN3O3S. The highest BCUT2D eigenvalue weighted by atomic mass is 32.2. The molecule has 2 heterocycles. The van der Waals surface area contributed by atoms with E-state index >= 15 is 0 Å². The van der Waals surface area contributed by atoms with Crippen LogP contribution in [0.4, 0.5) is 4.39 Å². The van der Waals surface area contributed by atoms with Gasteiger partial charge in [-0.15, -0.1) is 0 Å². The zero-order valence-electron chi connectivity index (χ0n) is 13.0. The van der Waals surface area contributed by atoms with Crippen molar-refractivity contribution in [3.05, 3.63) is 53.6 Å². The minimum Gasteiger partial charge on any atom is -0.365 e. The van der Waals surface area contributed by atoms with E-state index in [-0.39, 0.29) is 5.56 Å². The molecular weight excluding hydrogens is 333 g/mol. The third-order valence-electron chi connectivity index (χ3n) is 3.97. The third-order valence-corrected chi connectivity index (χ3v) is 5.88. The number of nitrogens with one attached hydrogen (secondary N) is 2. The van der Waals surface area contributed by atoms with Gasteiger partial charge in [0.05, 0.1) is 0 Å². The summed E-state index contributed by atoms with van der Waals surface area (Å²) in [4.78, 5) is 14.7. The van der Waals surface area contributed by atoms with E-state index in [9.17, 15) is 17.6 Å². The molecule has 1 aromatic carbocycles. The molecule has 1 saturated heterocycles. The Labute approximate surface area is 139 Å². The normalized spacial score (nSPS) is 15.0. The summed E-state index contributed by atoms with van der Waals surface area (Å²) in [6, 6.07) is 7.18. The number of hydrogen-bond acceptors (Lipinski definition) is 3. The summed E-state index contributed by atoms with van der Waals surface area (Å²) in [5.41, 5.74) is 1.11. The van der Waals surface area contributed by atoms with Gasteiger partial charge < -0.3 is 10.3 Å². The van der Waals surface area contributed by atoms with Gasteiger partial charge in [0.25, 0.3) is 5.91 Å². The topological polar surface area (TPSA) is 82.3 Å². The van der Waals surface area contributed by atoms with Crippen LogP contribution in [0.2, 0.25) is 0 Å². The Hall–Kier alpha value is -2.19. The Balaban J connectivity index is 1.71. The van der Waals surface area contributed by atoms with Gasteiger partial charge in [-0.2, -0.15) is 4.31 Å². The van der Waals surface area contributed by atoms with Crippen molar-refractivity contribution < 1.29 is 17.6 Å². The molecule has 1 aliphatic rings. The predicted octanol–water partition coefficient (Wildman–Crippen LogP) is 1.52. The smallest absolute Gasteiger partial charge is 0.251 e. The van der Waals surface area contributed by atoms with Crippen LogP contribution in [0.1, 0.15) is 22.5 Å². The molecule has 1 fully saturated rings. The monoisotopic (exact) mass is 351 g/mol. The number of H-pyrrole nitrogens is 1. The van der Waals surface area contributed by atoms with Gasteiger partial charge in [-0.1, -0.05) is 0 Å². The van der Waals surface area contributed by atoms with Crippen LogP contribution in [0.25, 0.3) is 0 Å². The number of amides is 1. The molecule has 6 nitrogen and oxygen atoms in total. The number of aromatic nitrogens is 1. The lowest BCUT2D eigenvalue weighted by molar-refractivity contribution is 0.0954. The molecule has 8 heteroatoms. The highest BCUT2D eigenvalue weighted by Gasteiger charge is 2.32. The summed E-state index contributed by atoms with van der Waals surface area (Å²) in [6.45, 7) is 1.16. The summed E-state index contributed by atoms with van der Waals surface area (Å²) in [5, 5.41) is 2.70. The van der Waals surface area contributed by atoms with E-state index in [0.717, 1.165) is 24.2 Å². The lowest BCUT2D eigenvalue weighted by atomic mass is 10.2. The number of sulfonamides is 1. The van der Waals surface area contributed by atoms with Crippen LogP contribution in [-0.4, -0.2) is 43.2 Å². The van der Waals surface area contributed by atoms with Crippen molar-refractivity contribution in [1.29, 1.82) is 0 Å². The summed E-state index contributed by atoms with van der Waals surface area (Å²) >= 11 is 0. The van der Waals surface area contributed by atoms with E-state index < -0.39 is 26.6 Å². The Morgan fingerprint density at radius 1 is 1.29 bits per heavy atom. The molecule has 2 N–H and O–H groups in total. The number of nitrogens with zero attached hydrogens (tertiary/aromatic N) is 1. The molecule has 0 spiro atoms. The van der Waals surface area contributed by atoms with Gasteiger partial charge in [0.1, 0.15) is 10.7 Å². The number of benzene rings is 1. The maximum absolute atomic E-state index is 13.9. The largest absolute Gasteiger partial charge is 0.365 e. The van der Waals surface area contributed by atoms with Crippen molar-refractivity contribution in [2.24, 2.45) is 0 Å². The van der Waals surface area contributed by atoms with Gasteiger partial charge in [0, 0.05) is 43.5 Å². The van der Waals surface area contributed by atoms with Crippen molar-refractivity contribution >= 4 is 15.9 Å². The summed E-state index contributed by atoms with van der Waals surface area (Å²) in [7, 11) is -3.87. The molecule has 0 bridgehead atoms. The Morgan fingerprint density at radius 2 is 2.08 bits per heavy atom. The first-order chi connectivity index (χ1) is 11.5. The van der Waals surface area contributed by atoms with Gasteiger partial charge in [-0.3, -0.25) is 4.79 Å². The average Bonchev–Trinajstić information content (AvgIpc) is 2.98. The first-order valence-corrected chi connectivity index (χ1v) is 9.12. The molecule has 128 valence electrons. The van der Waals surface area contributed by atoms with Crippen LogP contribution in [0.3, 0.4) is 0 Å². The van der Waals surface area contributed by atoms with Gasteiger partial charge >= 0.3 is 0 Å². The maximum atomic E-state index is 13.9. The summed E-state index contributed by atoms with van der Waals surface area (Å²) < 4.78 is 39.8. The summed E-state index contributed by atoms with van der Waals surface area (Å²) in [5.74, 6) is -1.27. The molecule has 24 heavy (non-hydrogen) atoms. The molecule has 2 aromatic rings. The molecule has 1 aliphatic heterocycles. The second kappa shape index (κ2) is 6.74. The van der Waals surface area contributed by atoms with Crippen LogP contribution in [0.5, 0.6) is 0 Å². The molecule has 3 rings (SSSR count). The highest BCUT2D eigenvalue weighted by Crippen LogP contribution is 2.24. The molecule has 1 aromatic heterocycles. The SMILES string of the molecule is O=C(NCCc1ccc[nH]1)c1ccc(F)c(S(=O)(=O)N2CCC2)c1. The number of rotatable bonds is 6. The maximum Gasteiger partial charge on any atom is 0.251 e. The lowest BCUT2D eigenvalue weighted by Gasteiger charge is -2.29. The van der Waals surface area contributed by atoms with E-state index in [1.165, 1.54) is 10.4 Å². The summed E-state index contributed by atoms with van der Waals surface area (Å²) in [6.07, 6.45) is 3.18. The van der Waals surface area contributed by atoms with Gasteiger partial charge in [0.2, 0.25) is 10.0 Å². The van der Waals surface area contributed by atoms with E-state index in [1.807, 2.05) is 12.1 Å². The van der Waals surface area contributed by atoms with E-state index in [4.69, 9.17) is 0 Å². The first kappa shape index (κ1) is 16.7. The fourth-order valence-corrected chi connectivity index (χ4v) is 4.05. The first-order valence-electron chi connectivity index (χ1n) is 7.68. The van der Waals surface area contributed by atoms with Crippen LogP contribution in [-0.2, 0) is 16.4 Å². The van der Waals surface area contributed by atoms with Crippen LogP contribution >= 0.6 is 0 Å². The van der Waals surface area contributed by atoms with Gasteiger partial charge in [0.15, 0.2) is 0 Å². The lowest BCUT2D eigenvalue weighted by Crippen LogP contribution is -2.42. The molecule has 0 saturated carbocycles. The van der Waals surface area contributed by atoms with Gasteiger partial charge in [-0.05, 0) is 36.8 Å². The minimum atomic E-state index is -3.87. The molecule has 1 amide bonds. The highest BCUT2D eigenvalue weighted by molar-refractivity contribution is 7.89. The second-order valence-corrected chi connectivity index (χ2v) is 7.51. The zero-order valence-corrected chi connectivity index (χ0v) is 13.8. The number of hydrogen-bond donors (Lipinski definition) is 2. The van der Waals surface area contributed by atoms with Crippen molar-refractivity contribution in [1.82, 2.24) is 14.6 Å². The Bertz CT molecular complexity index is 830. The van der Waals surface area contributed by atoms with Crippen molar-refractivity contribution in [3.8, 4) is 0 Å². The predicted molar refractivity (Wildman–Crippen MR) is 86.6 cm³/mol. The van der Waals surface area contributed by atoms with Gasteiger partial charge in [-0.25, -0.2) is 12.8 Å². The standard InChI is InChI=1S/C16H18FN3O3S/c17-14-5-4-12(11-15(14)24(22,23)20-9-2-10-20)16(21)19-8-6-13-3-1-7-18-13/h1,3-5,7,11,18H,2,6,8-10H2,(H,19,21). The van der Waals surface area contributed by atoms with E-state index in [0.29, 0.717) is 26.1 Å². The Morgan fingerprint density at radius 3 is 2.71 bits per heavy atom. The number of halogens is 1. The minimum absolute atomic E-state index is 0.127. The quantitative estimate of drug-likeness (QED) is 0.828. The Kier molecular flexibility index (Phi) is 4.68. The molecule has 0 unspecified atom stereocenters. The molecule has 0 radical (unpaired) electrons. The van der Waals surface area contributed by atoms with Crippen molar-refractivity contribution in [2.45, 2.75) is 17.7 Å². The zero-order chi connectivity index (χ0) is 17.2. The molecule has 0 aliphatic carbocycles. The average molecular weight is 351 g/mol. The van der Waals surface area contributed by atoms with E-state index in [2.05, 4.69) is 10.3 Å². The fourth-order valence-electron chi connectivity index (χ4n) is 2.44. The van der Waals surface area contributed by atoms with Crippen molar-refractivity contribution in [3.63, 3.8) is 0 Å². The van der Waals surface area contributed by atoms with Crippen LogP contribution in [0, 0.1) is 5.82 Å². The third kappa shape index (κ3) is 3.34. The fraction of sp³-hybridized carbons (Fsp3) is 0.312. The molecule has 0 atom stereocenters. The number of carbonyl (C=O) groups is 1. The van der Waals surface area contributed by atoms with E-state index in [1.54, 1.807) is 6.20 Å². The second-order valence-electron chi connectivity index (χ2n) is 5.60. The number of aromatic amines is 1. The van der Waals surface area contributed by atoms with Crippen molar-refractivity contribution in [2.75, 3.05) is 19.6 Å². The van der Waals surface area contributed by atoms with Crippen LogP contribution < -0.4 is 5.32 Å². The van der Waals surface area contributed by atoms with Crippen LogP contribution in [0.15, 0.2) is 41.4 Å². The number of carbonyl (C=O) groups excluding carboxylic acids is 1.